The Morgan fingerprint density at radius 1 is 1.50 bits per heavy atom. The SMILES string of the molecule is NC(=O)c1cccc(N2CC(F)C2)c1. The third-order valence-corrected chi connectivity index (χ3v) is 2.33. The van der Waals surface area contributed by atoms with Crippen molar-refractivity contribution in [1.29, 1.82) is 0 Å². The average molecular weight is 194 g/mol. The molecule has 3 nitrogen and oxygen atoms in total. The Kier molecular flexibility index (Phi) is 2.11. The van der Waals surface area contributed by atoms with Crippen LogP contribution in [0.4, 0.5) is 10.1 Å². The highest BCUT2D eigenvalue weighted by Gasteiger charge is 2.26. The molecule has 1 aromatic carbocycles. The molecule has 1 amide bonds. The molecular formula is C10H11FN2O. The molecule has 0 spiro atoms. The third-order valence-electron chi connectivity index (χ3n) is 2.33. The Bertz CT molecular complexity index is 361. The van der Waals surface area contributed by atoms with Crippen molar-refractivity contribution < 1.29 is 9.18 Å². The molecule has 1 heterocycles. The van der Waals surface area contributed by atoms with Gasteiger partial charge < -0.3 is 10.6 Å². The van der Waals surface area contributed by atoms with Crippen LogP contribution in [-0.4, -0.2) is 25.2 Å². The molecule has 1 aliphatic heterocycles. The minimum atomic E-state index is -0.743. The van der Waals surface area contributed by atoms with Crippen LogP contribution >= 0.6 is 0 Å². The lowest BCUT2D eigenvalue weighted by atomic mass is 10.1. The van der Waals surface area contributed by atoms with Gasteiger partial charge in [0.15, 0.2) is 0 Å². The third kappa shape index (κ3) is 1.55. The Morgan fingerprint density at radius 3 is 2.79 bits per heavy atom. The Hall–Kier alpha value is -1.58. The molecule has 2 rings (SSSR count). The molecule has 0 aromatic heterocycles. The highest BCUT2D eigenvalue weighted by Crippen LogP contribution is 2.23. The van der Waals surface area contributed by atoms with Crippen molar-refractivity contribution in [3.05, 3.63) is 29.8 Å². The van der Waals surface area contributed by atoms with Gasteiger partial charge in [-0.3, -0.25) is 4.79 Å². The maximum atomic E-state index is 12.6. The first kappa shape index (κ1) is 8.99. The van der Waals surface area contributed by atoms with Gasteiger partial charge in [-0.2, -0.15) is 0 Å². The lowest BCUT2D eigenvalue weighted by Gasteiger charge is -2.36. The molecule has 0 saturated carbocycles. The van der Waals surface area contributed by atoms with E-state index in [4.69, 9.17) is 5.73 Å². The van der Waals surface area contributed by atoms with Crippen LogP contribution in [0.5, 0.6) is 0 Å². The van der Waals surface area contributed by atoms with Crippen LogP contribution in [0.1, 0.15) is 10.4 Å². The second kappa shape index (κ2) is 3.29. The number of benzene rings is 1. The summed E-state index contributed by atoms with van der Waals surface area (Å²) in [7, 11) is 0. The van der Waals surface area contributed by atoms with E-state index < -0.39 is 12.1 Å². The number of nitrogens with two attached hydrogens (primary N) is 1. The van der Waals surface area contributed by atoms with E-state index in [9.17, 15) is 9.18 Å². The topological polar surface area (TPSA) is 46.3 Å². The predicted octanol–water partition coefficient (Wildman–Crippen LogP) is 0.944. The van der Waals surface area contributed by atoms with Gasteiger partial charge >= 0.3 is 0 Å². The normalized spacial score (nSPS) is 16.5. The van der Waals surface area contributed by atoms with Gasteiger partial charge in [-0.15, -0.1) is 0 Å². The second-order valence-electron chi connectivity index (χ2n) is 3.42. The number of hydrogen-bond acceptors (Lipinski definition) is 2. The van der Waals surface area contributed by atoms with Crippen molar-refractivity contribution >= 4 is 11.6 Å². The fourth-order valence-corrected chi connectivity index (χ4v) is 1.49. The molecule has 0 radical (unpaired) electrons. The maximum Gasteiger partial charge on any atom is 0.248 e. The van der Waals surface area contributed by atoms with Crippen molar-refractivity contribution in [2.45, 2.75) is 6.17 Å². The van der Waals surface area contributed by atoms with E-state index in [1.807, 2.05) is 11.0 Å². The number of carbonyl (C=O) groups excluding carboxylic acids is 1. The van der Waals surface area contributed by atoms with Gasteiger partial charge in [-0.1, -0.05) is 6.07 Å². The first-order valence-electron chi connectivity index (χ1n) is 4.45. The van der Waals surface area contributed by atoms with Gasteiger partial charge in [-0.05, 0) is 18.2 Å². The zero-order chi connectivity index (χ0) is 10.1. The van der Waals surface area contributed by atoms with Crippen molar-refractivity contribution in [3.63, 3.8) is 0 Å². The summed E-state index contributed by atoms with van der Waals surface area (Å²) in [6.45, 7) is 0.810. The molecule has 0 aliphatic carbocycles. The summed E-state index contributed by atoms with van der Waals surface area (Å²) in [5, 5.41) is 0. The van der Waals surface area contributed by atoms with Gasteiger partial charge in [-0.25, -0.2) is 4.39 Å². The minimum absolute atomic E-state index is 0.405. The van der Waals surface area contributed by atoms with Gasteiger partial charge in [0.25, 0.3) is 0 Å². The molecule has 1 fully saturated rings. The number of hydrogen-bond donors (Lipinski definition) is 1. The fourth-order valence-electron chi connectivity index (χ4n) is 1.49. The van der Waals surface area contributed by atoms with Crippen molar-refractivity contribution in [2.75, 3.05) is 18.0 Å². The number of nitrogens with zero attached hydrogens (tertiary/aromatic N) is 1. The number of alkyl halides is 1. The summed E-state index contributed by atoms with van der Waals surface area (Å²) in [6.07, 6.45) is -0.743. The number of primary amides is 1. The van der Waals surface area contributed by atoms with Gasteiger partial charge in [0.05, 0.1) is 13.1 Å². The molecule has 1 aromatic rings. The summed E-state index contributed by atoms with van der Waals surface area (Å²) >= 11 is 0. The van der Waals surface area contributed by atoms with E-state index in [0.29, 0.717) is 18.7 Å². The molecule has 74 valence electrons. The zero-order valence-corrected chi connectivity index (χ0v) is 7.61. The quantitative estimate of drug-likeness (QED) is 0.761. The first-order chi connectivity index (χ1) is 6.66. The van der Waals surface area contributed by atoms with Crippen LogP contribution in [0.2, 0.25) is 0 Å². The monoisotopic (exact) mass is 194 g/mol. The molecule has 1 saturated heterocycles. The highest BCUT2D eigenvalue weighted by atomic mass is 19.1. The second-order valence-corrected chi connectivity index (χ2v) is 3.42. The minimum Gasteiger partial charge on any atom is -0.366 e. The van der Waals surface area contributed by atoms with Crippen LogP contribution in [0.15, 0.2) is 24.3 Å². The molecule has 14 heavy (non-hydrogen) atoms. The number of rotatable bonds is 2. The van der Waals surface area contributed by atoms with Crippen molar-refractivity contribution in [2.24, 2.45) is 5.73 Å². The number of anilines is 1. The maximum absolute atomic E-state index is 12.6. The highest BCUT2D eigenvalue weighted by molar-refractivity contribution is 5.93. The smallest absolute Gasteiger partial charge is 0.248 e. The van der Waals surface area contributed by atoms with E-state index in [1.165, 1.54) is 0 Å². The Balaban J connectivity index is 2.18. The van der Waals surface area contributed by atoms with Crippen LogP contribution in [-0.2, 0) is 0 Å². The van der Waals surface area contributed by atoms with E-state index in [-0.39, 0.29) is 0 Å². The lowest BCUT2D eigenvalue weighted by molar-refractivity contribution is 0.100. The van der Waals surface area contributed by atoms with Crippen molar-refractivity contribution in [3.8, 4) is 0 Å². The van der Waals surface area contributed by atoms with E-state index in [1.54, 1.807) is 18.2 Å². The Morgan fingerprint density at radius 2 is 2.21 bits per heavy atom. The molecule has 0 atom stereocenters. The molecule has 0 bridgehead atoms. The summed E-state index contributed by atoms with van der Waals surface area (Å²) < 4.78 is 12.6. The number of halogens is 1. The van der Waals surface area contributed by atoms with Gasteiger partial charge in [0.1, 0.15) is 6.17 Å². The van der Waals surface area contributed by atoms with E-state index in [0.717, 1.165) is 5.69 Å². The van der Waals surface area contributed by atoms with E-state index >= 15 is 0 Å². The zero-order valence-electron chi connectivity index (χ0n) is 7.61. The number of amides is 1. The fraction of sp³-hybridized carbons (Fsp3) is 0.300. The number of carbonyl (C=O) groups is 1. The summed E-state index contributed by atoms with van der Waals surface area (Å²) in [4.78, 5) is 12.7. The van der Waals surface area contributed by atoms with Crippen LogP contribution < -0.4 is 10.6 Å². The summed E-state index contributed by atoms with van der Waals surface area (Å²) in [6, 6.07) is 6.94. The van der Waals surface area contributed by atoms with Crippen LogP contribution in [0.25, 0.3) is 0 Å². The molecule has 0 unspecified atom stereocenters. The van der Waals surface area contributed by atoms with Crippen LogP contribution in [0, 0.1) is 0 Å². The predicted molar refractivity (Wildman–Crippen MR) is 52.1 cm³/mol. The van der Waals surface area contributed by atoms with Crippen LogP contribution in [0.3, 0.4) is 0 Å². The average Bonchev–Trinajstić information content (AvgIpc) is 2.13. The van der Waals surface area contributed by atoms with Crippen molar-refractivity contribution in [1.82, 2.24) is 0 Å². The Labute approximate surface area is 81.3 Å². The molecule has 4 heteroatoms. The van der Waals surface area contributed by atoms with E-state index in [2.05, 4.69) is 0 Å². The van der Waals surface area contributed by atoms with Gasteiger partial charge in [0, 0.05) is 11.3 Å². The standard InChI is InChI=1S/C10H11FN2O/c11-8-5-13(6-8)9-3-1-2-7(4-9)10(12)14/h1-4,8H,5-6H2,(H2,12,14). The lowest BCUT2D eigenvalue weighted by Crippen LogP contribution is -2.48. The molecule has 2 N–H and O–H groups in total. The summed E-state index contributed by atoms with van der Waals surface area (Å²) in [5.74, 6) is -0.454. The first-order valence-corrected chi connectivity index (χ1v) is 4.45. The largest absolute Gasteiger partial charge is 0.366 e. The van der Waals surface area contributed by atoms with Gasteiger partial charge in [0.2, 0.25) is 5.91 Å². The molecule has 1 aliphatic rings. The molecular weight excluding hydrogens is 183 g/mol. The summed E-state index contributed by atoms with van der Waals surface area (Å²) in [5.41, 5.74) is 6.46.